The highest BCUT2D eigenvalue weighted by Crippen LogP contribution is 2.28. The SMILES string of the molecule is CCNC(=NCC1(O)CCCCC1)N(C)Cc1cn(C)nc1C(C)C. The minimum absolute atomic E-state index is 0.395. The molecule has 25 heavy (non-hydrogen) atoms. The predicted molar refractivity (Wildman–Crippen MR) is 103 cm³/mol. The molecule has 0 saturated heterocycles. The van der Waals surface area contributed by atoms with Crippen molar-refractivity contribution in [3.05, 3.63) is 17.5 Å². The lowest BCUT2D eigenvalue weighted by Gasteiger charge is -2.31. The Kier molecular flexibility index (Phi) is 6.87. The zero-order valence-electron chi connectivity index (χ0n) is 16.5. The van der Waals surface area contributed by atoms with E-state index in [0.717, 1.165) is 50.4 Å². The maximum absolute atomic E-state index is 10.7. The van der Waals surface area contributed by atoms with Crippen LogP contribution in [0.2, 0.25) is 0 Å². The molecule has 0 amide bonds. The van der Waals surface area contributed by atoms with Gasteiger partial charge in [0.05, 0.1) is 17.8 Å². The fraction of sp³-hybridized carbons (Fsp3) is 0.789. The van der Waals surface area contributed by atoms with E-state index in [0.29, 0.717) is 12.5 Å². The standard InChI is InChI=1S/C19H35N5O/c1-6-20-18(21-14-19(25)10-8-7-9-11-19)23(4)12-16-13-24(5)22-17(16)15(2)3/h13,15,25H,6-12,14H2,1-5H3,(H,20,21). The van der Waals surface area contributed by atoms with Crippen LogP contribution in [0.5, 0.6) is 0 Å². The van der Waals surface area contributed by atoms with Crippen molar-refractivity contribution in [1.29, 1.82) is 0 Å². The van der Waals surface area contributed by atoms with E-state index < -0.39 is 5.60 Å². The lowest BCUT2D eigenvalue weighted by Crippen LogP contribution is -2.41. The van der Waals surface area contributed by atoms with Crippen LogP contribution >= 0.6 is 0 Å². The number of aromatic nitrogens is 2. The first-order chi connectivity index (χ1) is 11.8. The van der Waals surface area contributed by atoms with Crippen LogP contribution in [0.15, 0.2) is 11.2 Å². The first kappa shape index (κ1) is 19.8. The zero-order valence-corrected chi connectivity index (χ0v) is 16.5. The molecule has 0 radical (unpaired) electrons. The molecule has 1 aliphatic rings. The predicted octanol–water partition coefficient (Wildman–Crippen LogP) is 2.64. The van der Waals surface area contributed by atoms with Crippen LogP contribution in [0.25, 0.3) is 0 Å². The topological polar surface area (TPSA) is 65.7 Å². The van der Waals surface area contributed by atoms with Crippen molar-refractivity contribution < 1.29 is 5.11 Å². The molecule has 2 N–H and O–H groups in total. The van der Waals surface area contributed by atoms with Crippen LogP contribution in [-0.2, 0) is 13.6 Å². The van der Waals surface area contributed by atoms with Crippen molar-refractivity contribution in [1.82, 2.24) is 20.0 Å². The van der Waals surface area contributed by atoms with E-state index in [1.165, 1.54) is 12.0 Å². The van der Waals surface area contributed by atoms with Gasteiger partial charge in [-0.2, -0.15) is 5.10 Å². The number of rotatable bonds is 6. The van der Waals surface area contributed by atoms with Crippen molar-refractivity contribution in [2.24, 2.45) is 12.0 Å². The van der Waals surface area contributed by atoms with Gasteiger partial charge in [0.2, 0.25) is 0 Å². The molecule has 1 aliphatic carbocycles. The third-order valence-corrected chi connectivity index (χ3v) is 4.90. The molecule has 0 atom stereocenters. The highest BCUT2D eigenvalue weighted by Gasteiger charge is 2.29. The first-order valence-corrected chi connectivity index (χ1v) is 9.59. The number of aliphatic hydroxyl groups is 1. The van der Waals surface area contributed by atoms with Crippen LogP contribution < -0.4 is 5.32 Å². The maximum atomic E-state index is 10.7. The van der Waals surface area contributed by atoms with Gasteiger partial charge in [0, 0.05) is 38.9 Å². The van der Waals surface area contributed by atoms with E-state index in [-0.39, 0.29) is 0 Å². The molecule has 0 aliphatic heterocycles. The lowest BCUT2D eigenvalue weighted by atomic mass is 9.85. The third kappa shape index (κ3) is 5.46. The summed E-state index contributed by atoms with van der Waals surface area (Å²) in [5.41, 5.74) is 1.73. The Labute approximate surface area is 152 Å². The number of aliphatic imine (C=N–C) groups is 1. The number of nitrogens with zero attached hydrogens (tertiary/aromatic N) is 4. The number of hydrogen-bond donors (Lipinski definition) is 2. The molecule has 1 aromatic heterocycles. The van der Waals surface area contributed by atoms with E-state index in [2.05, 4.69) is 42.3 Å². The molecular formula is C19H35N5O. The van der Waals surface area contributed by atoms with Crippen LogP contribution in [0, 0.1) is 0 Å². The van der Waals surface area contributed by atoms with Gasteiger partial charge in [0.1, 0.15) is 0 Å². The summed E-state index contributed by atoms with van der Waals surface area (Å²) in [6, 6.07) is 0. The van der Waals surface area contributed by atoms with Gasteiger partial charge in [-0.15, -0.1) is 0 Å². The molecule has 6 heteroatoms. The second-order valence-corrected chi connectivity index (χ2v) is 7.68. The summed E-state index contributed by atoms with van der Waals surface area (Å²) in [6.07, 6.45) is 7.24. The fourth-order valence-corrected chi connectivity index (χ4v) is 3.55. The molecule has 0 unspecified atom stereocenters. The summed E-state index contributed by atoms with van der Waals surface area (Å²) in [6.45, 7) is 8.46. The van der Waals surface area contributed by atoms with E-state index in [9.17, 15) is 5.11 Å². The fourth-order valence-electron chi connectivity index (χ4n) is 3.55. The molecule has 1 saturated carbocycles. The van der Waals surface area contributed by atoms with Crippen molar-refractivity contribution in [3.8, 4) is 0 Å². The normalized spacial score (nSPS) is 17.8. The molecule has 142 valence electrons. The van der Waals surface area contributed by atoms with Gasteiger partial charge in [-0.1, -0.05) is 33.1 Å². The van der Waals surface area contributed by atoms with E-state index in [1.54, 1.807) is 0 Å². The van der Waals surface area contributed by atoms with Crippen molar-refractivity contribution in [2.75, 3.05) is 20.1 Å². The van der Waals surface area contributed by atoms with E-state index in [1.807, 2.05) is 18.8 Å². The summed E-state index contributed by atoms with van der Waals surface area (Å²) in [7, 11) is 4.01. The van der Waals surface area contributed by atoms with Crippen LogP contribution in [0.1, 0.15) is 70.1 Å². The summed E-state index contributed by atoms with van der Waals surface area (Å²) in [5, 5.41) is 18.7. The molecule has 0 spiro atoms. The number of hydrogen-bond acceptors (Lipinski definition) is 3. The molecule has 0 bridgehead atoms. The van der Waals surface area contributed by atoms with E-state index in [4.69, 9.17) is 4.99 Å². The summed E-state index contributed by atoms with van der Waals surface area (Å²) in [5.74, 6) is 1.24. The average Bonchev–Trinajstić information content (AvgIpc) is 2.92. The average molecular weight is 350 g/mol. The second kappa shape index (κ2) is 8.70. The maximum Gasteiger partial charge on any atom is 0.194 e. The monoisotopic (exact) mass is 349 g/mol. The Morgan fingerprint density at radius 1 is 1.40 bits per heavy atom. The minimum atomic E-state index is -0.628. The highest BCUT2D eigenvalue weighted by molar-refractivity contribution is 5.79. The van der Waals surface area contributed by atoms with Crippen molar-refractivity contribution in [2.45, 2.75) is 70.9 Å². The van der Waals surface area contributed by atoms with Gasteiger partial charge in [-0.25, -0.2) is 0 Å². The van der Waals surface area contributed by atoms with Crippen LogP contribution in [0.3, 0.4) is 0 Å². The molecule has 1 fully saturated rings. The van der Waals surface area contributed by atoms with Crippen molar-refractivity contribution in [3.63, 3.8) is 0 Å². The summed E-state index contributed by atoms with van der Waals surface area (Å²) in [4.78, 5) is 6.86. The molecule has 1 aromatic rings. The van der Waals surface area contributed by atoms with Crippen molar-refractivity contribution >= 4 is 5.96 Å². The molecular weight excluding hydrogens is 314 g/mol. The quantitative estimate of drug-likeness (QED) is 0.612. The largest absolute Gasteiger partial charge is 0.388 e. The van der Waals surface area contributed by atoms with Gasteiger partial charge in [0.15, 0.2) is 5.96 Å². The van der Waals surface area contributed by atoms with Gasteiger partial charge < -0.3 is 15.3 Å². The Bertz CT molecular complexity index is 572. The Morgan fingerprint density at radius 2 is 2.08 bits per heavy atom. The third-order valence-electron chi connectivity index (χ3n) is 4.90. The van der Waals surface area contributed by atoms with Crippen LogP contribution in [0.4, 0.5) is 0 Å². The Hall–Kier alpha value is -1.56. The van der Waals surface area contributed by atoms with Gasteiger partial charge in [0.25, 0.3) is 0 Å². The highest BCUT2D eigenvalue weighted by atomic mass is 16.3. The minimum Gasteiger partial charge on any atom is -0.388 e. The lowest BCUT2D eigenvalue weighted by molar-refractivity contribution is 0.0130. The molecule has 6 nitrogen and oxygen atoms in total. The zero-order chi connectivity index (χ0) is 18.4. The summed E-state index contributed by atoms with van der Waals surface area (Å²) < 4.78 is 1.88. The number of aryl methyl sites for hydroxylation is 1. The Balaban J connectivity index is 2.09. The number of nitrogens with one attached hydrogen (secondary N) is 1. The van der Waals surface area contributed by atoms with Gasteiger partial charge in [-0.05, 0) is 25.7 Å². The number of guanidine groups is 1. The molecule has 1 heterocycles. The van der Waals surface area contributed by atoms with Gasteiger partial charge >= 0.3 is 0 Å². The van der Waals surface area contributed by atoms with E-state index >= 15 is 0 Å². The van der Waals surface area contributed by atoms with Crippen LogP contribution in [-0.4, -0.2) is 51.5 Å². The summed E-state index contributed by atoms with van der Waals surface area (Å²) >= 11 is 0. The Morgan fingerprint density at radius 3 is 2.68 bits per heavy atom. The smallest absolute Gasteiger partial charge is 0.194 e. The first-order valence-electron chi connectivity index (χ1n) is 9.59. The molecule has 0 aromatic carbocycles. The second-order valence-electron chi connectivity index (χ2n) is 7.68. The van der Waals surface area contributed by atoms with Gasteiger partial charge in [-0.3, -0.25) is 9.67 Å². The molecule has 2 rings (SSSR count).